The molecule has 1 unspecified atom stereocenters. The second-order valence-electron chi connectivity index (χ2n) is 6.45. The molecule has 0 amide bonds. The summed E-state index contributed by atoms with van der Waals surface area (Å²) in [5.74, 6) is 1.52. The van der Waals surface area contributed by atoms with Gasteiger partial charge in [0.05, 0.1) is 12.2 Å². The molecular formula is C19H27N5S. The maximum absolute atomic E-state index is 4.33. The third-order valence-corrected chi connectivity index (χ3v) is 5.37. The standard InChI is InChI=1S/C19H27N5S/c1-20-19(23-13-17-7-2-3-9-21-17)22-12-16-6-4-10-24(14-16)15-18-8-5-11-25-18/h2-3,5,7-9,11,16H,4,6,10,12-15H2,1H3,(H2,20,22,23). The molecule has 3 rings (SSSR count). The van der Waals surface area contributed by atoms with Gasteiger partial charge in [0.2, 0.25) is 0 Å². The average Bonchev–Trinajstić information content (AvgIpc) is 3.16. The van der Waals surface area contributed by atoms with E-state index in [4.69, 9.17) is 0 Å². The first-order valence-electron chi connectivity index (χ1n) is 8.92. The Hall–Kier alpha value is -1.92. The Balaban J connectivity index is 1.41. The molecule has 1 atom stereocenters. The van der Waals surface area contributed by atoms with Crippen LogP contribution in [0.4, 0.5) is 0 Å². The van der Waals surface area contributed by atoms with Gasteiger partial charge in [0, 0.05) is 37.8 Å². The molecule has 134 valence electrons. The molecule has 1 saturated heterocycles. The van der Waals surface area contributed by atoms with E-state index in [0.29, 0.717) is 12.5 Å². The predicted octanol–water partition coefficient (Wildman–Crippen LogP) is 2.72. The molecule has 0 spiro atoms. The van der Waals surface area contributed by atoms with E-state index in [2.05, 4.69) is 43.0 Å². The third kappa shape index (κ3) is 5.83. The highest BCUT2D eigenvalue weighted by molar-refractivity contribution is 7.09. The molecule has 0 saturated carbocycles. The van der Waals surface area contributed by atoms with Gasteiger partial charge in [-0.15, -0.1) is 11.3 Å². The topological polar surface area (TPSA) is 52.6 Å². The summed E-state index contributed by atoms with van der Waals surface area (Å²) in [5.41, 5.74) is 1.02. The maximum Gasteiger partial charge on any atom is 0.191 e. The van der Waals surface area contributed by atoms with Crippen LogP contribution in [-0.4, -0.2) is 42.5 Å². The van der Waals surface area contributed by atoms with Gasteiger partial charge in [-0.2, -0.15) is 0 Å². The molecule has 0 radical (unpaired) electrons. The number of hydrogen-bond donors (Lipinski definition) is 2. The van der Waals surface area contributed by atoms with E-state index < -0.39 is 0 Å². The summed E-state index contributed by atoms with van der Waals surface area (Å²) < 4.78 is 0. The lowest BCUT2D eigenvalue weighted by molar-refractivity contribution is 0.169. The Morgan fingerprint density at radius 3 is 3.04 bits per heavy atom. The van der Waals surface area contributed by atoms with E-state index in [-0.39, 0.29) is 0 Å². The molecule has 1 aliphatic rings. The van der Waals surface area contributed by atoms with Crippen molar-refractivity contribution in [3.05, 3.63) is 52.5 Å². The number of nitrogens with zero attached hydrogens (tertiary/aromatic N) is 3. The zero-order valence-electron chi connectivity index (χ0n) is 14.8. The van der Waals surface area contributed by atoms with Gasteiger partial charge >= 0.3 is 0 Å². The number of aromatic nitrogens is 1. The first-order valence-corrected chi connectivity index (χ1v) is 9.80. The maximum atomic E-state index is 4.33. The van der Waals surface area contributed by atoms with Crippen LogP contribution in [0.1, 0.15) is 23.4 Å². The van der Waals surface area contributed by atoms with Crippen LogP contribution in [0.15, 0.2) is 46.9 Å². The number of nitrogens with one attached hydrogen (secondary N) is 2. The van der Waals surface area contributed by atoms with Crippen molar-refractivity contribution in [2.24, 2.45) is 10.9 Å². The second-order valence-corrected chi connectivity index (χ2v) is 7.48. The Morgan fingerprint density at radius 2 is 2.28 bits per heavy atom. The largest absolute Gasteiger partial charge is 0.356 e. The molecule has 2 N–H and O–H groups in total. The number of likely N-dealkylation sites (tertiary alicyclic amines) is 1. The normalized spacial score (nSPS) is 18.9. The van der Waals surface area contributed by atoms with E-state index in [1.165, 1.54) is 24.3 Å². The highest BCUT2D eigenvalue weighted by Gasteiger charge is 2.20. The summed E-state index contributed by atoms with van der Waals surface area (Å²) in [6, 6.07) is 10.3. The van der Waals surface area contributed by atoms with Crippen molar-refractivity contribution in [2.75, 3.05) is 26.7 Å². The molecule has 0 aromatic carbocycles. The lowest BCUT2D eigenvalue weighted by atomic mass is 9.98. The first kappa shape index (κ1) is 17.9. The third-order valence-electron chi connectivity index (χ3n) is 4.51. The zero-order chi connectivity index (χ0) is 17.3. The van der Waals surface area contributed by atoms with Gasteiger partial charge in [0.25, 0.3) is 0 Å². The van der Waals surface area contributed by atoms with E-state index >= 15 is 0 Å². The summed E-state index contributed by atoms with van der Waals surface area (Å²) in [4.78, 5) is 12.7. The molecule has 3 heterocycles. The molecule has 1 fully saturated rings. The highest BCUT2D eigenvalue weighted by atomic mass is 32.1. The number of aliphatic imine (C=N–C) groups is 1. The van der Waals surface area contributed by atoms with Crippen molar-refractivity contribution in [1.29, 1.82) is 0 Å². The van der Waals surface area contributed by atoms with Crippen LogP contribution in [0.25, 0.3) is 0 Å². The first-order chi connectivity index (χ1) is 12.3. The Morgan fingerprint density at radius 1 is 1.32 bits per heavy atom. The van der Waals surface area contributed by atoms with Crippen LogP contribution >= 0.6 is 11.3 Å². The van der Waals surface area contributed by atoms with E-state index in [1.54, 1.807) is 0 Å². The monoisotopic (exact) mass is 357 g/mol. The molecule has 25 heavy (non-hydrogen) atoms. The summed E-state index contributed by atoms with van der Waals surface area (Å²) in [5, 5.41) is 8.98. The van der Waals surface area contributed by atoms with Crippen LogP contribution < -0.4 is 10.6 Å². The van der Waals surface area contributed by atoms with Crippen molar-refractivity contribution < 1.29 is 0 Å². The number of hydrogen-bond acceptors (Lipinski definition) is 4. The number of pyridine rings is 1. The number of guanidine groups is 1. The minimum absolute atomic E-state index is 0.669. The molecule has 2 aromatic rings. The van der Waals surface area contributed by atoms with Gasteiger partial charge in [-0.3, -0.25) is 14.9 Å². The molecule has 6 heteroatoms. The van der Waals surface area contributed by atoms with Gasteiger partial charge < -0.3 is 10.6 Å². The Kier molecular flexibility index (Phi) is 6.82. The van der Waals surface area contributed by atoms with E-state index in [1.807, 2.05) is 42.8 Å². The number of rotatable bonds is 6. The average molecular weight is 358 g/mol. The van der Waals surface area contributed by atoms with Crippen LogP contribution in [0.2, 0.25) is 0 Å². The predicted molar refractivity (Wildman–Crippen MR) is 105 cm³/mol. The Labute approximate surface area is 154 Å². The fraction of sp³-hybridized carbons (Fsp3) is 0.474. The van der Waals surface area contributed by atoms with Crippen molar-refractivity contribution in [3.8, 4) is 0 Å². The molecule has 2 aromatic heterocycles. The summed E-state index contributed by atoms with van der Waals surface area (Å²) in [6.45, 7) is 5.10. The highest BCUT2D eigenvalue weighted by Crippen LogP contribution is 2.19. The van der Waals surface area contributed by atoms with Crippen LogP contribution in [0.3, 0.4) is 0 Å². The van der Waals surface area contributed by atoms with Crippen molar-refractivity contribution in [1.82, 2.24) is 20.5 Å². The lowest BCUT2D eigenvalue weighted by Gasteiger charge is -2.32. The van der Waals surface area contributed by atoms with E-state index in [0.717, 1.165) is 31.3 Å². The van der Waals surface area contributed by atoms with Crippen molar-refractivity contribution >= 4 is 17.3 Å². The summed E-state index contributed by atoms with van der Waals surface area (Å²) >= 11 is 1.85. The number of thiophene rings is 1. The van der Waals surface area contributed by atoms with Crippen molar-refractivity contribution in [2.45, 2.75) is 25.9 Å². The van der Waals surface area contributed by atoms with Gasteiger partial charge in [-0.1, -0.05) is 12.1 Å². The molecular weight excluding hydrogens is 330 g/mol. The van der Waals surface area contributed by atoms with E-state index in [9.17, 15) is 0 Å². The fourth-order valence-corrected chi connectivity index (χ4v) is 3.97. The zero-order valence-corrected chi connectivity index (χ0v) is 15.6. The molecule has 0 bridgehead atoms. The second kappa shape index (κ2) is 9.53. The van der Waals surface area contributed by atoms with Crippen molar-refractivity contribution in [3.63, 3.8) is 0 Å². The molecule has 5 nitrogen and oxygen atoms in total. The molecule has 1 aliphatic heterocycles. The quantitative estimate of drug-likeness (QED) is 0.617. The SMILES string of the molecule is CN=C(NCc1ccccn1)NCC1CCCN(Cc2cccs2)C1. The Bertz CT molecular complexity index is 641. The van der Waals surface area contributed by atoms with Gasteiger partial charge in [-0.25, -0.2) is 0 Å². The summed E-state index contributed by atoms with van der Waals surface area (Å²) in [7, 11) is 1.82. The fourth-order valence-electron chi connectivity index (χ4n) is 3.22. The number of piperidine rings is 1. The van der Waals surface area contributed by atoms with Crippen LogP contribution in [0.5, 0.6) is 0 Å². The lowest BCUT2D eigenvalue weighted by Crippen LogP contribution is -2.44. The van der Waals surface area contributed by atoms with Gasteiger partial charge in [-0.05, 0) is 48.9 Å². The van der Waals surface area contributed by atoms with Gasteiger partial charge in [0.15, 0.2) is 5.96 Å². The van der Waals surface area contributed by atoms with Gasteiger partial charge in [0.1, 0.15) is 0 Å². The molecule has 0 aliphatic carbocycles. The minimum atomic E-state index is 0.669. The summed E-state index contributed by atoms with van der Waals surface area (Å²) in [6.07, 6.45) is 4.38. The minimum Gasteiger partial charge on any atom is -0.356 e. The van der Waals surface area contributed by atoms with Crippen LogP contribution in [0, 0.1) is 5.92 Å². The smallest absolute Gasteiger partial charge is 0.191 e. The van der Waals surface area contributed by atoms with Crippen LogP contribution in [-0.2, 0) is 13.1 Å².